The molecule has 0 aromatic carbocycles. The molecule has 0 saturated carbocycles. The van der Waals surface area contributed by atoms with Crippen LogP contribution in [0.2, 0.25) is 0 Å². The van der Waals surface area contributed by atoms with Gasteiger partial charge in [0.2, 0.25) is 5.91 Å². The lowest BCUT2D eigenvalue weighted by atomic mass is 10.2. The maximum absolute atomic E-state index is 11.7. The average molecular weight is 276 g/mol. The first kappa shape index (κ1) is 12.6. The number of nitrogens with one attached hydrogen (secondary N) is 4. The number of aromatic amines is 3. The maximum atomic E-state index is 11.7. The standard InChI is InChI=1S/C12H16N6O2/c19-11(5-4-10-14-12(20)18-17-10)13-6-9-7-2-1-3-8(7)15-16-9/h1-6H2,(H,13,19)(H,15,16)(H2,14,17,18,20). The molecular weight excluding hydrogens is 260 g/mol. The lowest BCUT2D eigenvalue weighted by molar-refractivity contribution is -0.121. The van der Waals surface area contributed by atoms with Gasteiger partial charge in [-0.25, -0.2) is 9.89 Å². The van der Waals surface area contributed by atoms with Crippen LogP contribution in [0, 0.1) is 0 Å². The number of hydrogen-bond donors (Lipinski definition) is 4. The Hall–Kier alpha value is -2.38. The van der Waals surface area contributed by atoms with E-state index in [1.54, 1.807) is 0 Å². The van der Waals surface area contributed by atoms with Crippen molar-refractivity contribution in [2.24, 2.45) is 0 Å². The molecule has 8 heteroatoms. The van der Waals surface area contributed by atoms with Gasteiger partial charge in [0.25, 0.3) is 0 Å². The minimum atomic E-state index is -0.354. The predicted octanol–water partition coefficient (Wildman–Crippen LogP) is -0.441. The quantitative estimate of drug-likeness (QED) is 0.591. The SMILES string of the molecule is O=C(CCc1n[nH]c(=O)[nH]1)NCc1n[nH]c2c1CCC2. The van der Waals surface area contributed by atoms with Crippen molar-refractivity contribution in [2.45, 2.75) is 38.6 Å². The van der Waals surface area contributed by atoms with Crippen LogP contribution in [0.3, 0.4) is 0 Å². The van der Waals surface area contributed by atoms with E-state index in [1.165, 1.54) is 11.3 Å². The third-order valence-electron chi connectivity index (χ3n) is 3.48. The number of nitrogens with zero attached hydrogens (tertiary/aromatic N) is 2. The summed E-state index contributed by atoms with van der Waals surface area (Å²) in [7, 11) is 0. The first-order valence-electron chi connectivity index (χ1n) is 6.67. The van der Waals surface area contributed by atoms with Gasteiger partial charge in [-0.05, 0) is 24.8 Å². The average Bonchev–Trinajstić information content (AvgIpc) is 3.11. The highest BCUT2D eigenvalue weighted by Crippen LogP contribution is 2.22. The normalized spacial score (nSPS) is 13.4. The topological polar surface area (TPSA) is 119 Å². The van der Waals surface area contributed by atoms with Crippen molar-refractivity contribution in [3.63, 3.8) is 0 Å². The Morgan fingerprint density at radius 2 is 2.15 bits per heavy atom. The Bertz CT molecular complexity index is 668. The Morgan fingerprint density at radius 1 is 1.25 bits per heavy atom. The second kappa shape index (κ2) is 5.32. The van der Waals surface area contributed by atoms with E-state index in [9.17, 15) is 9.59 Å². The number of carbonyl (C=O) groups excluding carboxylic acids is 1. The van der Waals surface area contributed by atoms with E-state index in [1.807, 2.05) is 0 Å². The summed E-state index contributed by atoms with van der Waals surface area (Å²) in [4.78, 5) is 25.1. The molecule has 0 atom stereocenters. The largest absolute Gasteiger partial charge is 0.350 e. The van der Waals surface area contributed by atoms with Crippen LogP contribution in [-0.2, 0) is 30.6 Å². The van der Waals surface area contributed by atoms with Crippen molar-refractivity contribution in [3.05, 3.63) is 33.3 Å². The molecular formula is C12H16N6O2. The highest BCUT2D eigenvalue weighted by Gasteiger charge is 2.18. The number of carbonyl (C=O) groups is 1. The van der Waals surface area contributed by atoms with Gasteiger partial charge in [0.15, 0.2) is 0 Å². The fourth-order valence-electron chi connectivity index (χ4n) is 2.46. The molecule has 1 amide bonds. The Labute approximate surface area is 114 Å². The zero-order valence-corrected chi connectivity index (χ0v) is 11.0. The number of amides is 1. The van der Waals surface area contributed by atoms with Gasteiger partial charge in [-0.3, -0.25) is 14.9 Å². The molecule has 4 N–H and O–H groups in total. The lowest BCUT2D eigenvalue weighted by Crippen LogP contribution is -2.24. The van der Waals surface area contributed by atoms with Crippen LogP contribution >= 0.6 is 0 Å². The molecule has 2 aromatic heterocycles. The summed E-state index contributed by atoms with van der Waals surface area (Å²) < 4.78 is 0. The molecule has 0 bridgehead atoms. The molecule has 0 radical (unpaired) electrons. The Kier molecular flexibility index (Phi) is 3.36. The second-order valence-corrected chi connectivity index (χ2v) is 4.88. The Balaban J connectivity index is 1.48. The summed E-state index contributed by atoms with van der Waals surface area (Å²) in [6.07, 6.45) is 3.92. The number of fused-ring (bicyclic) bond motifs is 1. The summed E-state index contributed by atoms with van der Waals surface area (Å²) in [5.74, 6) is 0.411. The first-order valence-corrected chi connectivity index (χ1v) is 6.67. The second-order valence-electron chi connectivity index (χ2n) is 4.88. The van der Waals surface area contributed by atoms with Gasteiger partial charge in [-0.2, -0.15) is 10.2 Å². The highest BCUT2D eigenvalue weighted by atomic mass is 16.2. The van der Waals surface area contributed by atoms with E-state index < -0.39 is 0 Å². The van der Waals surface area contributed by atoms with Crippen LogP contribution in [0.25, 0.3) is 0 Å². The molecule has 0 unspecified atom stereocenters. The lowest BCUT2D eigenvalue weighted by Gasteiger charge is -2.03. The zero-order chi connectivity index (χ0) is 13.9. The number of H-pyrrole nitrogens is 3. The highest BCUT2D eigenvalue weighted by molar-refractivity contribution is 5.76. The minimum Gasteiger partial charge on any atom is -0.350 e. The summed E-state index contributed by atoms with van der Waals surface area (Å²) >= 11 is 0. The summed E-state index contributed by atoms with van der Waals surface area (Å²) in [5, 5.41) is 16.1. The molecule has 3 rings (SSSR count). The van der Waals surface area contributed by atoms with Crippen molar-refractivity contribution in [1.29, 1.82) is 0 Å². The number of rotatable bonds is 5. The molecule has 20 heavy (non-hydrogen) atoms. The molecule has 0 spiro atoms. The minimum absolute atomic E-state index is 0.0800. The van der Waals surface area contributed by atoms with Gasteiger partial charge >= 0.3 is 5.69 Å². The third-order valence-corrected chi connectivity index (χ3v) is 3.48. The van der Waals surface area contributed by atoms with Crippen LogP contribution < -0.4 is 11.0 Å². The van der Waals surface area contributed by atoms with Crippen LogP contribution in [0.1, 0.15) is 35.6 Å². The van der Waals surface area contributed by atoms with Gasteiger partial charge in [-0.15, -0.1) is 0 Å². The number of aryl methyl sites for hydroxylation is 2. The van der Waals surface area contributed by atoms with Crippen molar-refractivity contribution in [2.75, 3.05) is 0 Å². The van der Waals surface area contributed by atoms with E-state index in [0.29, 0.717) is 18.8 Å². The molecule has 0 fully saturated rings. The van der Waals surface area contributed by atoms with E-state index in [0.717, 1.165) is 25.0 Å². The maximum Gasteiger partial charge on any atom is 0.340 e. The smallest absolute Gasteiger partial charge is 0.340 e. The predicted molar refractivity (Wildman–Crippen MR) is 70.0 cm³/mol. The molecule has 0 aliphatic heterocycles. The van der Waals surface area contributed by atoms with E-state index in [4.69, 9.17) is 0 Å². The molecule has 0 saturated heterocycles. The van der Waals surface area contributed by atoms with Gasteiger partial charge < -0.3 is 5.32 Å². The van der Waals surface area contributed by atoms with E-state index in [2.05, 4.69) is 30.7 Å². The van der Waals surface area contributed by atoms with Gasteiger partial charge in [-0.1, -0.05) is 0 Å². The zero-order valence-electron chi connectivity index (χ0n) is 11.0. The molecule has 1 aliphatic carbocycles. The molecule has 2 heterocycles. The summed E-state index contributed by atoms with van der Waals surface area (Å²) in [6.45, 7) is 0.446. The van der Waals surface area contributed by atoms with Crippen LogP contribution in [-0.4, -0.2) is 31.3 Å². The number of hydrogen-bond acceptors (Lipinski definition) is 4. The van der Waals surface area contributed by atoms with Crippen LogP contribution in [0.5, 0.6) is 0 Å². The molecule has 8 nitrogen and oxygen atoms in total. The Morgan fingerprint density at radius 3 is 2.95 bits per heavy atom. The van der Waals surface area contributed by atoms with Crippen LogP contribution in [0.4, 0.5) is 0 Å². The number of aromatic nitrogens is 5. The van der Waals surface area contributed by atoms with Crippen molar-refractivity contribution < 1.29 is 4.79 Å². The molecule has 1 aliphatic rings. The van der Waals surface area contributed by atoms with Crippen molar-refractivity contribution >= 4 is 5.91 Å². The van der Waals surface area contributed by atoms with Gasteiger partial charge in [0, 0.05) is 18.5 Å². The van der Waals surface area contributed by atoms with Gasteiger partial charge in [0.1, 0.15) is 5.82 Å². The van der Waals surface area contributed by atoms with Crippen molar-refractivity contribution in [3.8, 4) is 0 Å². The third kappa shape index (κ3) is 2.63. The molecule has 106 valence electrons. The first-order chi connectivity index (χ1) is 9.72. The van der Waals surface area contributed by atoms with E-state index in [-0.39, 0.29) is 18.0 Å². The van der Waals surface area contributed by atoms with E-state index >= 15 is 0 Å². The van der Waals surface area contributed by atoms with Gasteiger partial charge in [0.05, 0.1) is 12.2 Å². The fourth-order valence-corrected chi connectivity index (χ4v) is 2.46. The molecule has 2 aromatic rings. The summed E-state index contributed by atoms with van der Waals surface area (Å²) in [5.41, 5.74) is 3.02. The summed E-state index contributed by atoms with van der Waals surface area (Å²) in [6, 6.07) is 0. The monoisotopic (exact) mass is 276 g/mol. The fraction of sp³-hybridized carbons (Fsp3) is 0.500. The van der Waals surface area contributed by atoms with Crippen molar-refractivity contribution in [1.82, 2.24) is 30.7 Å². The van der Waals surface area contributed by atoms with Crippen LogP contribution in [0.15, 0.2) is 4.79 Å².